The number of aromatic nitrogens is 7. The summed E-state index contributed by atoms with van der Waals surface area (Å²) in [5.41, 5.74) is 5.55. The van der Waals surface area contributed by atoms with Gasteiger partial charge in [-0.1, -0.05) is 61.5 Å². The van der Waals surface area contributed by atoms with Crippen LogP contribution in [0, 0.1) is 24.3 Å². The van der Waals surface area contributed by atoms with Crippen LogP contribution in [0.25, 0.3) is 50.3 Å². The van der Waals surface area contributed by atoms with Gasteiger partial charge < -0.3 is 14.5 Å². The molecule has 0 spiro atoms. The van der Waals surface area contributed by atoms with Crippen LogP contribution in [0.15, 0.2) is 116 Å². The van der Waals surface area contributed by atoms with Crippen molar-refractivity contribution >= 4 is 58.7 Å². The van der Waals surface area contributed by atoms with Gasteiger partial charge in [0.15, 0.2) is 6.33 Å². The van der Waals surface area contributed by atoms with E-state index in [1.54, 1.807) is 0 Å². The molecule has 0 N–H and O–H groups in total. The third-order valence-electron chi connectivity index (χ3n) is 9.35. The summed E-state index contributed by atoms with van der Waals surface area (Å²) in [4.78, 5) is 9.12. The van der Waals surface area contributed by atoms with E-state index in [4.69, 9.17) is 0 Å². The first-order valence-electron chi connectivity index (χ1n) is 16.1. The number of pyridine rings is 2. The Morgan fingerprint density at radius 3 is 1.37 bits per heavy atom. The zero-order valence-electron chi connectivity index (χ0n) is 28.2. The molecule has 4 heterocycles. The topological polar surface area (TPSA) is 82.3 Å². The SMILES string of the molecule is C[Si](C)(c1[c-]c(-c2ccccn2)ccc1)c1[c-]c2c(cc1)c1ccc([Si](C)(C)c3[c-]c(-c4ccccn4)ccc3)[c-]c1n2-c1nncnn1.[Pd+2].[Pd+2]. The molecule has 0 aliphatic rings. The predicted molar refractivity (Wildman–Crippen MR) is 200 cm³/mol. The van der Waals surface area contributed by atoms with E-state index in [-0.39, 0.29) is 40.8 Å². The maximum atomic E-state index is 4.56. The molecule has 0 atom stereocenters. The normalized spacial score (nSPS) is 11.6. The van der Waals surface area contributed by atoms with E-state index in [0.29, 0.717) is 5.95 Å². The summed E-state index contributed by atoms with van der Waals surface area (Å²) in [5, 5.41) is 23.7. The Labute approximate surface area is 327 Å². The van der Waals surface area contributed by atoms with Crippen molar-refractivity contribution in [2.75, 3.05) is 0 Å². The molecule has 8 aromatic rings. The van der Waals surface area contributed by atoms with Crippen molar-refractivity contribution in [1.82, 2.24) is 34.9 Å². The van der Waals surface area contributed by atoms with Gasteiger partial charge >= 0.3 is 40.8 Å². The third kappa shape index (κ3) is 6.74. The van der Waals surface area contributed by atoms with Crippen molar-refractivity contribution < 1.29 is 40.8 Å². The number of hydrogen-bond acceptors (Lipinski definition) is 6. The third-order valence-corrected chi connectivity index (χ3v) is 15.9. The van der Waals surface area contributed by atoms with Crippen LogP contribution in [0.1, 0.15) is 0 Å². The van der Waals surface area contributed by atoms with Gasteiger partial charge in [-0.2, -0.15) is 57.5 Å². The molecule has 0 saturated heterocycles. The van der Waals surface area contributed by atoms with E-state index < -0.39 is 16.1 Å². The van der Waals surface area contributed by atoms with Crippen LogP contribution < -0.4 is 20.7 Å². The minimum absolute atomic E-state index is 0. The number of hydrogen-bond donors (Lipinski definition) is 0. The van der Waals surface area contributed by atoms with Crippen molar-refractivity contribution in [3.63, 3.8) is 0 Å². The van der Waals surface area contributed by atoms with Gasteiger partial charge in [0.25, 0.3) is 5.95 Å². The molecule has 11 heteroatoms. The maximum absolute atomic E-state index is 4.56. The monoisotopic (exact) mass is 877 g/mol. The zero-order valence-corrected chi connectivity index (χ0v) is 33.3. The fraction of sp³-hybridized carbons (Fsp3) is 0.100. The van der Waals surface area contributed by atoms with E-state index in [1.807, 2.05) is 53.4 Å². The van der Waals surface area contributed by atoms with Crippen LogP contribution >= 0.6 is 0 Å². The molecule has 254 valence electrons. The first-order chi connectivity index (χ1) is 23.8. The Bertz CT molecular complexity index is 2310. The summed E-state index contributed by atoms with van der Waals surface area (Å²) < 4.78 is 2.01. The van der Waals surface area contributed by atoms with E-state index in [1.165, 1.54) is 16.7 Å². The summed E-state index contributed by atoms with van der Waals surface area (Å²) in [6.07, 6.45) is 4.98. The van der Waals surface area contributed by atoms with E-state index in [9.17, 15) is 0 Å². The predicted octanol–water partition coefficient (Wildman–Crippen LogP) is 5.33. The van der Waals surface area contributed by atoms with Crippen LogP contribution in [0.5, 0.6) is 0 Å². The van der Waals surface area contributed by atoms with Crippen LogP contribution in [-0.2, 0) is 40.8 Å². The number of nitrogens with zero attached hydrogens (tertiary/aromatic N) is 7. The summed E-state index contributed by atoms with van der Waals surface area (Å²) in [6, 6.07) is 48.5. The molecule has 0 unspecified atom stereocenters. The summed E-state index contributed by atoms with van der Waals surface area (Å²) in [6.45, 7) is 9.34. The standard InChI is InChI=1S/C40H31N7Si2.2Pd/c1-48(2,30-13-9-11-28(23-30)36-15-5-7-21-41-36)32-17-19-34-35-20-18-33(26-39(35)47(38(34)25-32)40-45-43-27-44-46-40)49(3,4)31-14-10-12-29(24-31)37-16-6-8-22-42-37;;/h5-22,27H,1-4H3;;/q-4;2*+2. The Hall–Kier alpha value is -4.32. The Morgan fingerprint density at radius 2 is 0.941 bits per heavy atom. The second kappa shape index (κ2) is 14.7. The molecule has 0 saturated carbocycles. The minimum atomic E-state index is -2.27. The van der Waals surface area contributed by atoms with Crippen molar-refractivity contribution in [2.45, 2.75) is 26.2 Å². The molecule has 0 radical (unpaired) electrons. The van der Waals surface area contributed by atoms with Gasteiger partial charge in [-0.3, -0.25) is 0 Å². The van der Waals surface area contributed by atoms with Crippen molar-refractivity contribution in [2.24, 2.45) is 0 Å². The molecule has 8 rings (SSSR count). The summed E-state index contributed by atoms with van der Waals surface area (Å²) in [5.74, 6) is 0.385. The minimum Gasteiger partial charge on any atom is -0.326 e. The van der Waals surface area contributed by atoms with Gasteiger partial charge in [-0.15, -0.1) is 90.4 Å². The number of rotatable bonds is 7. The molecular weight excluding hydrogens is 848 g/mol. The zero-order chi connectivity index (χ0) is 33.6. The van der Waals surface area contributed by atoms with Gasteiger partial charge in [-0.05, 0) is 23.5 Å². The number of benzene rings is 4. The van der Waals surface area contributed by atoms with Crippen LogP contribution in [0.4, 0.5) is 0 Å². The van der Waals surface area contributed by atoms with Gasteiger partial charge in [0.2, 0.25) is 0 Å². The van der Waals surface area contributed by atoms with Crippen molar-refractivity contribution in [1.29, 1.82) is 0 Å². The first-order valence-corrected chi connectivity index (χ1v) is 22.1. The quantitative estimate of drug-likeness (QED) is 0.159. The maximum Gasteiger partial charge on any atom is 2.00 e. The average Bonchev–Trinajstić information content (AvgIpc) is 3.49. The van der Waals surface area contributed by atoms with Crippen LogP contribution in [-0.4, -0.2) is 51.1 Å². The van der Waals surface area contributed by atoms with Crippen molar-refractivity contribution in [3.05, 3.63) is 140 Å². The van der Waals surface area contributed by atoms with E-state index >= 15 is 0 Å². The first kappa shape index (κ1) is 36.5. The Balaban J connectivity index is 0.00000224. The molecule has 0 aliphatic carbocycles. The molecule has 0 fully saturated rings. The largest absolute Gasteiger partial charge is 2.00 e. The van der Waals surface area contributed by atoms with Crippen LogP contribution in [0.2, 0.25) is 26.2 Å². The molecule has 0 bridgehead atoms. The van der Waals surface area contributed by atoms with E-state index in [0.717, 1.165) is 54.7 Å². The summed E-state index contributed by atoms with van der Waals surface area (Å²) in [7, 11) is -4.53. The van der Waals surface area contributed by atoms with Gasteiger partial charge in [-0.25, -0.2) is 0 Å². The average molecular weight is 879 g/mol. The Kier molecular flexibility index (Phi) is 10.5. The van der Waals surface area contributed by atoms with Gasteiger partial charge in [0, 0.05) is 12.4 Å². The Morgan fingerprint density at radius 1 is 0.490 bits per heavy atom. The molecular formula is C40H31N7Pd2Si2. The molecule has 51 heavy (non-hydrogen) atoms. The molecule has 0 aliphatic heterocycles. The number of fused-ring (bicyclic) bond motifs is 3. The summed E-state index contributed by atoms with van der Waals surface area (Å²) >= 11 is 0. The fourth-order valence-corrected chi connectivity index (χ4v) is 10.7. The molecule has 0 amide bonds. The fourth-order valence-electron chi connectivity index (χ4n) is 6.38. The molecule has 4 aromatic carbocycles. The van der Waals surface area contributed by atoms with Crippen molar-refractivity contribution in [3.8, 4) is 28.5 Å². The van der Waals surface area contributed by atoms with Gasteiger partial charge in [0.05, 0.1) is 16.1 Å². The second-order valence-electron chi connectivity index (χ2n) is 13.1. The second-order valence-corrected chi connectivity index (χ2v) is 21.7. The molecule has 4 aromatic heterocycles. The van der Waals surface area contributed by atoms with Gasteiger partial charge in [0.1, 0.15) is 0 Å². The van der Waals surface area contributed by atoms with E-state index in [2.05, 4.69) is 141 Å². The molecule has 7 nitrogen and oxygen atoms in total. The smallest absolute Gasteiger partial charge is 0.326 e. The van der Waals surface area contributed by atoms with Crippen LogP contribution in [0.3, 0.4) is 0 Å².